The summed E-state index contributed by atoms with van der Waals surface area (Å²) in [7, 11) is 0. The number of hydrogen-bond acceptors (Lipinski definition) is 5. The molecule has 1 amide bonds. The number of aryl methyl sites for hydroxylation is 1. The van der Waals surface area contributed by atoms with Crippen molar-refractivity contribution in [1.29, 1.82) is 0 Å². The zero-order valence-corrected chi connectivity index (χ0v) is 17.0. The minimum atomic E-state index is -0.117. The Kier molecular flexibility index (Phi) is 5.03. The zero-order chi connectivity index (χ0) is 21.2. The lowest BCUT2D eigenvalue weighted by Gasteiger charge is -2.17. The summed E-state index contributed by atoms with van der Waals surface area (Å²) in [6, 6.07) is 17.3. The van der Waals surface area contributed by atoms with Gasteiger partial charge in [0.15, 0.2) is 0 Å². The molecule has 0 aliphatic carbocycles. The number of para-hydroxylation sites is 1. The molecule has 156 valence electrons. The molecule has 1 saturated heterocycles. The van der Waals surface area contributed by atoms with Crippen LogP contribution in [0.1, 0.15) is 18.9 Å². The molecule has 8 nitrogen and oxygen atoms in total. The normalized spacial score (nSPS) is 16.1. The smallest absolute Gasteiger partial charge is 0.261 e. The standard InChI is InChI=1S/C23H22N6O2/c30-22(11-13-28-16-24-20-9-5-4-8-19(20)23(28)31)27-12-10-18(14-27)29-15-21(25-26-29)17-6-2-1-3-7-17/h1-9,15-16,18H,10-14H2. The molecule has 3 heterocycles. The Balaban J connectivity index is 1.22. The first-order valence-corrected chi connectivity index (χ1v) is 10.4. The van der Waals surface area contributed by atoms with Crippen LogP contribution in [0.3, 0.4) is 0 Å². The van der Waals surface area contributed by atoms with Crippen molar-refractivity contribution in [2.24, 2.45) is 0 Å². The molecule has 1 atom stereocenters. The van der Waals surface area contributed by atoms with Gasteiger partial charge in [0, 0.05) is 31.6 Å². The Labute approximate surface area is 178 Å². The lowest BCUT2D eigenvalue weighted by atomic mass is 10.2. The Hall–Kier alpha value is -3.81. The van der Waals surface area contributed by atoms with Gasteiger partial charge in [-0.1, -0.05) is 47.7 Å². The molecular formula is C23H22N6O2. The maximum atomic E-state index is 12.7. The molecule has 2 aromatic carbocycles. The predicted molar refractivity (Wildman–Crippen MR) is 116 cm³/mol. The van der Waals surface area contributed by atoms with Crippen molar-refractivity contribution >= 4 is 16.8 Å². The summed E-state index contributed by atoms with van der Waals surface area (Å²) in [6.07, 6.45) is 4.56. The maximum Gasteiger partial charge on any atom is 0.261 e. The van der Waals surface area contributed by atoms with E-state index in [9.17, 15) is 9.59 Å². The fourth-order valence-electron chi connectivity index (χ4n) is 4.02. The molecule has 5 rings (SSSR count). The second-order valence-electron chi connectivity index (χ2n) is 7.74. The number of rotatable bonds is 5. The third-order valence-electron chi connectivity index (χ3n) is 5.77. The van der Waals surface area contributed by atoms with Gasteiger partial charge in [0.2, 0.25) is 5.91 Å². The van der Waals surface area contributed by atoms with Gasteiger partial charge in [-0.2, -0.15) is 0 Å². The third-order valence-corrected chi connectivity index (χ3v) is 5.77. The van der Waals surface area contributed by atoms with Crippen LogP contribution in [0.4, 0.5) is 0 Å². The fraction of sp³-hybridized carbons (Fsp3) is 0.261. The summed E-state index contributed by atoms with van der Waals surface area (Å²) < 4.78 is 3.37. The average Bonchev–Trinajstić information content (AvgIpc) is 3.49. The van der Waals surface area contributed by atoms with Gasteiger partial charge in [-0.05, 0) is 18.6 Å². The van der Waals surface area contributed by atoms with Crippen molar-refractivity contribution in [1.82, 2.24) is 29.4 Å². The minimum absolute atomic E-state index is 0.0333. The van der Waals surface area contributed by atoms with Crippen LogP contribution in [0.25, 0.3) is 22.2 Å². The topological polar surface area (TPSA) is 85.9 Å². The number of benzene rings is 2. The summed E-state index contributed by atoms with van der Waals surface area (Å²) in [5, 5.41) is 9.12. The van der Waals surface area contributed by atoms with E-state index in [1.54, 1.807) is 6.07 Å². The van der Waals surface area contributed by atoms with E-state index in [-0.39, 0.29) is 23.9 Å². The van der Waals surface area contributed by atoms with E-state index < -0.39 is 0 Å². The van der Waals surface area contributed by atoms with Gasteiger partial charge >= 0.3 is 0 Å². The Morgan fingerprint density at radius 1 is 1.06 bits per heavy atom. The molecular weight excluding hydrogens is 392 g/mol. The molecule has 2 aromatic heterocycles. The maximum absolute atomic E-state index is 12.7. The lowest BCUT2D eigenvalue weighted by molar-refractivity contribution is -0.130. The minimum Gasteiger partial charge on any atom is -0.340 e. The SMILES string of the molecule is O=C(CCn1cnc2ccccc2c1=O)N1CCC(n2cc(-c3ccccc3)nn2)C1. The first kappa shape index (κ1) is 19.2. The number of nitrogens with zero attached hydrogens (tertiary/aromatic N) is 6. The van der Waals surface area contributed by atoms with Gasteiger partial charge < -0.3 is 4.90 Å². The second-order valence-corrected chi connectivity index (χ2v) is 7.74. The van der Waals surface area contributed by atoms with Crippen LogP contribution in [-0.2, 0) is 11.3 Å². The summed E-state index contributed by atoms with van der Waals surface area (Å²) >= 11 is 0. The first-order chi connectivity index (χ1) is 15.2. The van der Waals surface area contributed by atoms with Crippen molar-refractivity contribution in [2.45, 2.75) is 25.4 Å². The number of aromatic nitrogens is 5. The van der Waals surface area contributed by atoms with Crippen molar-refractivity contribution < 1.29 is 4.79 Å². The second kappa shape index (κ2) is 8.14. The van der Waals surface area contributed by atoms with E-state index in [4.69, 9.17) is 0 Å². The van der Waals surface area contributed by atoms with Gasteiger partial charge in [-0.15, -0.1) is 5.10 Å². The van der Waals surface area contributed by atoms with Crippen LogP contribution in [-0.4, -0.2) is 48.4 Å². The summed E-state index contributed by atoms with van der Waals surface area (Å²) in [4.78, 5) is 31.5. The summed E-state index contributed by atoms with van der Waals surface area (Å²) in [6.45, 7) is 1.59. The van der Waals surface area contributed by atoms with Crippen molar-refractivity contribution in [3.05, 3.63) is 77.5 Å². The number of carbonyl (C=O) groups is 1. The fourth-order valence-corrected chi connectivity index (χ4v) is 4.02. The molecule has 0 saturated carbocycles. The van der Waals surface area contributed by atoms with Crippen LogP contribution >= 0.6 is 0 Å². The predicted octanol–water partition coefficient (Wildman–Crippen LogP) is 2.52. The molecule has 0 radical (unpaired) electrons. The van der Waals surface area contributed by atoms with Gasteiger partial charge in [-0.25, -0.2) is 9.67 Å². The number of carbonyl (C=O) groups excluding carboxylic acids is 1. The number of fused-ring (bicyclic) bond motifs is 1. The van der Waals surface area contributed by atoms with Gasteiger partial charge in [0.05, 0.1) is 29.5 Å². The third kappa shape index (κ3) is 3.84. The molecule has 0 bridgehead atoms. The van der Waals surface area contributed by atoms with Crippen molar-refractivity contribution in [2.75, 3.05) is 13.1 Å². The molecule has 1 aliphatic rings. The van der Waals surface area contributed by atoms with Gasteiger partial charge in [-0.3, -0.25) is 14.2 Å². The van der Waals surface area contributed by atoms with E-state index in [2.05, 4.69) is 15.3 Å². The largest absolute Gasteiger partial charge is 0.340 e. The van der Waals surface area contributed by atoms with Crippen LogP contribution in [0.15, 0.2) is 71.9 Å². The van der Waals surface area contributed by atoms with E-state index in [1.165, 1.54) is 10.9 Å². The monoisotopic (exact) mass is 414 g/mol. The number of likely N-dealkylation sites (tertiary alicyclic amines) is 1. The molecule has 31 heavy (non-hydrogen) atoms. The number of amides is 1. The highest BCUT2D eigenvalue weighted by molar-refractivity contribution is 5.77. The highest BCUT2D eigenvalue weighted by atomic mass is 16.2. The molecule has 8 heteroatoms. The quantitative estimate of drug-likeness (QED) is 0.501. The molecule has 4 aromatic rings. The van der Waals surface area contributed by atoms with Crippen LogP contribution in [0.5, 0.6) is 0 Å². The van der Waals surface area contributed by atoms with E-state index in [0.717, 1.165) is 17.7 Å². The molecule has 1 aliphatic heterocycles. The van der Waals surface area contributed by atoms with Gasteiger partial charge in [0.25, 0.3) is 5.56 Å². The number of hydrogen-bond donors (Lipinski definition) is 0. The Morgan fingerprint density at radius 3 is 2.74 bits per heavy atom. The van der Waals surface area contributed by atoms with E-state index in [0.29, 0.717) is 30.5 Å². The Morgan fingerprint density at radius 2 is 1.87 bits per heavy atom. The molecule has 0 N–H and O–H groups in total. The first-order valence-electron chi connectivity index (χ1n) is 10.4. The molecule has 1 fully saturated rings. The highest BCUT2D eigenvalue weighted by Crippen LogP contribution is 2.24. The lowest BCUT2D eigenvalue weighted by Crippen LogP contribution is -2.31. The summed E-state index contributed by atoms with van der Waals surface area (Å²) in [5.41, 5.74) is 2.40. The van der Waals surface area contributed by atoms with Gasteiger partial charge in [0.1, 0.15) is 5.69 Å². The molecule has 0 spiro atoms. The molecule has 1 unspecified atom stereocenters. The van der Waals surface area contributed by atoms with E-state index in [1.807, 2.05) is 64.3 Å². The summed E-state index contributed by atoms with van der Waals surface area (Å²) in [5.74, 6) is 0.0333. The van der Waals surface area contributed by atoms with Crippen molar-refractivity contribution in [3.63, 3.8) is 0 Å². The van der Waals surface area contributed by atoms with Crippen LogP contribution in [0.2, 0.25) is 0 Å². The van der Waals surface area contributed by atoms with Crippen LogP contribution < -0.4 is 5.56 Å². The highest BCUT2D eigenvalue weighted by Gasteiger charge is 2.28. The van der Waals surface area contributed by atoms with Crippen LogP contribution in [0, 0.1) is 0 Å². The Bertz CT molecular complexity index is 1280. The van der Waals surface area contributed by atoms with Crippen molar-refractivity contribution in [3.8, 4) is 11.3 Å². The zero-order valence-electron chi connectivity index (χ0n) is 17.0. The van der Waals surface area contributed by atoms with E-state index >= 15 is 0 Å². The average molecular weight is 414 g/mol.